The van der Waals surface area contributed by atoms with Crippen molar-refractivity contribution < 1.29 is 42.0 Å². The number of benzene rings is 1. The fourth-order valence-electron chi connectivity index (χ4n) is 6.52. The van der Waals surface area contributed by atoms with E-state index in [9.17, 15) is 32.5 Å². The van der Waals surface area contributed by atoms with Gasteiger partial charge < -0.3 is 25.7 Å². The average molecular weight is 786 g/mol. The van der Waals surface area contributed by atoms with Gasteiger partial charge in [0.2, 0.25) is 5.60 Å². The minimum atomic E-state index is -5.01. The first-order valence-electron chi connectivity index (χ1n) is 17.9. The second kappa shape index (κ2) is 17.8. The van der Waals surface area contributed by atoms with Gasteiger partial charge in [-0.3, -0.25) is 14.1 Å². The van der Waals surface area contributed by atoms with Gasteiger partial charge in [0.1, 0.15) is 17.5 Å². The van der Waals surface area contributed by atoms with Crippen LogP contribution in [-0.2, 0) is 35.9 Å². The number of hydrogen-bond acceptors (Lipinski definition) is 11. The second-order valence-electron chi connectivity index (χ2n) is 14.3. The van der Waals surface area contributed by atoms with E-state index in [-0.39, 0.29) is 51.5 Å². The molecule has 3 aliphatic rings. The number of aryl methyl sites for hydroxylation is 2. The number of nitrogens with two attached hydrogens (primary N) is 1. The molecule has 0 spiro atoms. The Hall–Kier alpha value is -4.41. The van der Waals surface area contributed by atoms with Gasteiger partial charge in [0.05, 0.1) is 11.4 Å². The number of amidine groups is 1. The number of amides is 2. The number of β-lactam (4-membered cyclic amide) rings is 1. The standard InChI is InChI=1S/C38H51N5O9S2/c1-8-9-10-11-25-19-24(5)32(27-18-23(4)12-13-26(27)22(2)3)30(20-25)51-21-53-17-16-29-34(36(45)43(29)54(48,49)50)41-35(44)33(28-14-15-31(39)40-28)42-52-38(6,7)37(46)47/h14,16,18-20,26-27,34H,2,8-13,15,17,21H2,1,3-7H3,(H2,39,40)(H,41,44)(H,46,47)(H,48,49,50)/b29-16+,42-33-/t26-,27+,34-/m0/s1. The number of carboxylic acid groups (broad SMARTS) is 1. The normalized spacial score (nSPS) is 21.2. The Balaban J connectivity index is 1.55. The molecule has 0 saturated carbocycles. The molecular formula is C38H51N5O9S2. The third kappa shape index (κ3) is 10.2. The number of aliphatic imine (C=N–C) groups is 1. The molecule has 2 amide bonds. The molecular weight excluding hydrogens is 735 g/mol. The lowest BCUT2D eigenvalue weighted by Crippen LogP contribution is -2.64. The van der Waals surface area contributed by atoms with Gasteiger partial charge in [-0.2, -0.15) is 12.7 Å². The number of nitrogens with one attached hydrogen (secondary N) is 1. The zero-order valence-corrected chi connectivity index (χ0v) is 33.3. The number of hydrogen-bond donors (Lipinski definition) is 4. The molecule has 16 heteroatoms. The fourth-order valence-corrected chi connectivity index (χ4v) is 7.89. The van der Waals surface area contributed by atoms with Crippen molar-refractivity contribution >= 4 is 51.4 Å². The highest BCUT2D eigenvalue weighted by atomic mass is 32.2. The Morgan fingerprint density at radius 2 is 1.98 bits per heavy atom. The number of oxime groups is 1. The number of allylic oxidation sites excluding steroid dienone is 3. The van der Waals surface area contributed by atoms with E-state index in [0.29, 0.717) is 0 Å². The van der Waals surface area contributed by atoms with E-state index >= 15 is 0 Å². The number of unbranched alkanes of at least 4 members (excludes halogenated alkanes) is 2. The Bertz CT molecular complexity index is 1930. The van der Waals surface area contributed by atoms with E-state index in [2.05, 4.69) is 67.9 Å². The average Bonchev–Trinajstić information content (AvgIpc) is 3.51. The predicted octanol–water partition coefficient (Wildman–Crippen LogP) is 5.71. The molecule has 1 aliphatic carbocycles. The van der Waals surface area contributed by atoms with Crippen LogP contribution in [0.4, 0.5) is 0 Å². The van der Waals surface area contributed by atoms with Crippen LogP contribution in [0.1, 0.15) is 95.8 Å². The van der Waals surface area contributed by atoms with Gasteiger partial charge in [0.25, 0.3) is 11.8 Å². The van der Waals surface area contributed by atoms with Gasteiger partial charge in [0, 0.05) is 23.7 Å². The lowest BCUT2D eigenvalue weighted by atomic mass is 9.73. The van der Waals surface area contributed by atoms with E-state index in [1.54, 1.807) is 0 Å². The monoisotopic (exact) mass is 785 g/mol. The van der Waals surface area contributed by atoms with Crippen LogP contribution >= 0.6 is 11.8 Å². The van der Waals surface area contributed by atoms with Crippen LogP contribution in [0, 0.1) is 12.8 Å². The number of nitrogens with zero attached hydrogens (tertiary/aromatic N) is 3. The predicted molar refractivity (Wildman–Crippen MR) is 209 cm³/mol. The quantitative estimate of drug-likeness (QED) is 0.0270. The van der Waals surface area contributed by atoms with Crippen LogP contribution < -0.4 is 15.8 Å². The lowest BCUT2D eigenvalue weighted by molar-refractivity contribution is -0.161. The van der Waals surface area contributed by atoms with Crippen molar-refractivity contribution in [1.29, 1.82) is 0 Å². The van der Waals surface area contributed by atoms with Crippen LogP contribution in [0.25, 0.3) is 0 Å². The molecule has 5 N–H and O–H groups in total. The maximum absolute atomic E-state index is 13.4. The first-order chi connectivity index (χ1) is 25.3. The largest absolute Gasteiger partial charge is 0.483 e. The molecule has 0 aromatic heterocycles. The summed E-state index contributed by atoms with van der Waals surface area (Å²) in [5.74, 6) is -1.86. The molecule has 1 aromatic carbocycles. The zero-order chi connectivity index (χ0) is 40.0. The summed E-state index contributed by atoms with van der Waals surface area (Å²) in [6.07, 6.45) is 11.6. The number of rotatable bonds is 18. The van der Waals surface area contributed by atoms with Crippen LogP contribution in [0.3, 0.4) is 0 Å². The highest BCUT2D eigenvalue weighted by Crippen LogP contribution is 2.45. The number of carbonyl (C=O) groups excluding carboxylic acids is 2. The summed E-state index contributed by atoms with van der Waals surface area (Å²) >= 11 is 1.30. The highest BCUT2D eigenvalue weighted by molar-refractivity contribution is 7.99. The van der Waals surface area contributed by atoms with Crippen molar-refractivity contribution in [3.63, 3.8) is 0 Å². The number of aliphatic carboxylic acids is 1. The Morgan fingerprint density at radius 1 is 1.26 bits per heavy atom. The minimum Gasteiger partial charge on any atom is -0.483 e. The summed E-state index contributed by atoms with van der Waals surface area (Å²) in [6, 6.07) is 2.86. The number of carbonyl (C=O) groups is 3. The first kappa shape index (κ1) is 42.3. The minimum absolute atomic E-state index is 0.0275. The molecule has 4 rings (SSSR count). The SMILES string of the molecule is C=C(C)[C@@H]1CCC(C)=C[C@H]1c1c(C)cc(CCCCC)cc1OCSC/C=C1\[C@H](NC(=O)/C(=N\OC(C)(C)C(=O)O)C2=CCC(N)=N2)C(=O)N1S(=O)(=O)O. The van der Waals surface area contributed by atoms with E-state index in [0.717, 1.165) is 61.0 Å². The molecule has 0 radical (unpaired) electrons. The van der Waals surface area contributed by atoms with Gasteiger partial charge in [0.15, 0.2) is 11.8 Å². The van der Waals surface area contributed by atoms with Gasteiger partial charge in [-0.1, -0.05) is 60.9 Å². The molecule has 3 atom stereocenters. The van der Waals surface area contributed by atoms with Crippen LogP contribution in [0.15, 0.2) is 69.6 Å². The summed E-state index contributed by atoms with van der Waals surface area (Å²) in [7, 11) is -5.01. The Morgan fingerprint density at radius 3 is 2.59 bits per heavy atom. The molecule has 0 unspecified atom stereocenters. The molecule has 0 bridgehead atoms. The van der Waals surface area contributed by atoms with E-state index < -0.39 is 45.4 Å². The summed E-state index contributed by atoms with van der Waals surface area (Å²) in [4.78, 5) is 47.1. The molecule has 2 heterocycles. The van der Waals surface area contributed by atoms with Gasteiger partial charge in [-0.25, -0.2) is 9.79 Å². The maximum Gasteiger partial charge on any atom is 0.366 e. The molecule has 1 saturated heterocycles. The lowest BCUT2D eigenvalue weighted by Gasteiger charge is -2.38. The number of carboxylic acids is 1. The highest BCUT2D eigenvalue weighted by Gasteiger charge is 2.50. The van der Waals surface area contributed by atoms with Crippen molar-refractivity contribution in [3.8, 4) is 5.75 Å². The van der Waals surface area contributed by atoms with Crippen LogP contribution in [0.5, 0.6) is 5.75 Å². The van der Waals surface area contributed by atoms with E-state index in [4.69, 9.17) is 15.3 Å². The van der Waals surface area contributed by atoms with Crippen molar-refractivity contribution in [1.82, 2.24) is 9.62 Å². The second-order valence-corrected chi connectivity index (χ2v) is 16.5. The van der Waals surface area contributed by atoms with Crippen LogP contribution in [-0.4, -0.2) is 75.0 Å². The van der Waals surface area contributed by atoms with Crippen molar-refractivity contribution in [2.75, 3.05) is 11.7 Å². The van der Waals surface area contributed by atoms with E-state index in [1.165, 1.54) is 48.9 Å². The molecule has 14 nitrogen and oxygen atoms in total. The number of ether oxygens (including phenoxy) is 1. The van der Waals surface area contributed by atoms with Crippen molar-refractivity contribution in [2.45, 2.75) is 104 Å². The Kier molecular flexibility index (Phi) is 14.0. The van der Waals surface area contributed by atoms with Crippen molar-refractivity contribution in [2.24, 2.45) is 21.8 Å². The van der Waals surface area contributed by atoms with E-state index in [1.807, 2.05) is 0 Å². The van der Waals surface area contributed by atoms with Crippen LogP contribution in [0.2, 0.25) is 0 Å². The molecule has 2 aliphatic heterocycles. The van der Waals surface area contributed by atoms with Gasteiger partial charge in [-0.15, -0.1) is 11.8 Å². The van der Waals surface area contributed by atoms with Crippen molar-refractivity contribution in [3.05, 3.63) is 76.2 Å². The number of thioether (sulfide) groups is 1. The van der Waals surface area contributed by atoms with Gasteiger partial charge in [-0.05, 0) is 89.5 Å². The fraction of sp³-hybridized carbons (Fsp3) is 0.500. The first-order valence-corrected chi connectivity index (χ1v) is 20.4. The summed E-state index contributed by atoms with van der Waals surface area (Å²) in [5, 5.41) is 15.5. The summed E-state index contributed by atoms with van der Waals surface area (Å²) in [5.41, 5.74) is 9.12. The summed E-state index contributed by atoms with van der Waals surface area (Å²) < 4.78 is 40.8. The Labute approximate surface area is 321 Å². The molecule has 294 valence electrons. The molecule has 54 heavy (non-hydrogen) atoms. The maximum atomic E-state index is 13.4. The molecule has 1 fully saturated rings. The molecule has 1 aromatic rings. The summed E-state index contributed by atoms with van der Waals surface area (Å²) in [6.45, 7) is 15.2. The third-order valence-corrected chi connectivity index (χ3v) is 11.0. The smallest absolute Gasteiger partial charge is 0.366 e. The van der Waals surface area contributed by atoms with Gasteiger partial charge >= 0.3 is 16.3 Å². The third-order valence-electron chi connectivity index (χ3n) is 9.49. The topological polar surface area (TPSA) is 210 Å². The zero-order valence-electron chi connectivity index (χ0n) is 31.7.